The Morgan fingerprint density at radius 1 is 0.921 bits per heavy atom. The van der Waals surface area contributed by atoms with Crippen molar-refractivity contribution in [3.8, 4) is 22.3 Å². The van der Waals surface area contributed by atoms with Crippen LogP contribution in [-0.2, 0) is 16.0 Å². The summed E-state index contributed by atoms with van der Waals surface area (Å²) in [6, 6.07) is 10.2. The summed E-state index contributed by atoms with van der Waals surface area (Å²) in [7, 11) is 1.41. The first-order chi connectivity index (χ1) is 18.7. The number of pyridine rings is 1. The van der Waals surface area contributed by atoms with Gasteiger partial charge in [0.05, 0.1) is 20.3 Å². The third-order valence-electron chi connectivity index (χ3n) is 7.41. The number of carbonyl (C=O) groups excluding carboxylic acids is 1. The summed E-state index contributed by atoms with van der Waals surface area (Å²) in [6.07, 6.45) is 5.97. The largest absolute Gasteiger partial charge is 0.464 e. The SMILES string of the molecule is COC(=O)c1c(-c2ccc(F)cc2)c(-c2ccncc2)c(NCCN2CCCC2)n1CCN1CCOCC1. The standard InChI is InChI=1S/C29H36FN5O3/c1-37-29(36)27-25(22-4-6-24(30)7-5-22)26(23-8-10-31-11-9-23)28(32-12-15-33-13-2-3-14-33)35(27)17-16-34-18-20-38-21-19-34/h4-11,32H,2-3,12-21H2,1H3. The number of methoxy groups -OCH3 is 1. The third-order valence-corrected chi connectivity index (χ3v) is 7.41. The molecular formula is C29H36FN5O3. The molecule has 0 unspecified atom stereocenters. The van der Waals surface area contributed by atoms with Crippen LogP contribution in [0.5, 0.6) is 0 Å². The molecule has 1 N–H and O–H groups in total. The van der Waals surface area contributed by atoms with E-state index in [1.807, 2.05) is 12.1 Å². The van der Waals surface area contributed by atoms with E-state index >= 15 is 0 Å². The van der Waals surface area contributed by atoms with Gasteiger partial charge in [-0.3, -0.25) is 9.88 Å². The minimum Gasteiger partial charge on any atom is -0.464 e. The lowest BCUT2D eigenvalue weighted by atomic mass is 9.96. The fourth-order valence-corrected chi connectivity index (χ4v) is 5.44. The Kier molecular flexibility index (Phi) is 8.68. The molecule has 2 aliphatic heterocycles. The number of esters is 1. The minimum absolute atomic E-state index is 0.324. The number of benzene rings is 1. The van der Waals surface area contributed by atoms with Crippen LogP contribution in [0.3, 0.4) is 0 Å². The van der Waals surface area contributed by atoms with E-state index in [0.717, 1.165) is 73.9 Å². The first-order valence-electron chi connectivity index (χ1n) is 13.4. The van der Waals surface area contributed by atoms with E-state index in [9.17, 15) is 9.18 Å². The van der Waals surface area contributed by atoms with Gasteiger partial charge in [0.1, 0.15) is 17.3 Å². The number of carbonyl (C=O) groups is 1. The second-order valence-electron chi connectivity index (χ2n) is 9.76. The number of nitrogens with zero attached hydrogens (tertiary/aromatic N) is 4. The minimum atomic E-state index is -0.422. The van der Waals surface area contributed by atoms with E-state index in [1.165, 1.54) is 32.1 Å². The topological polar surface area (TPSA) is 71.9 Å². The van der Waals surface area contributed by atoms with Crippen LogP contribution >= 0.6 is 0 Å². The third kappa shape index (κ3) is 5.90. The molecule has 5 rings (SSSR count). The second-order valence-corrected chi connectivity index (χ2v) is 9.76. The summed E-state index contributed by atoms with van der Waals surface area (Å²) in [5, 5.41) is 3.69. The van der Waals surface area contributed by atoms with Crippen molar-refractivity contribution >= 4 is 11.8 Å². The molecule has 4 heterocycles. The van der Waals surface area contributed by atoms with E-state index in [-0.39, 0.29) is 5.82 Å². The highest BCUT2D eigenvalue weighted by molar-refractivity contribution is 6.05. The average Bonchev–Trinajstić information content (AvgIpc) is 3.59. The number of nitrogens with one attached hydrogen (secondary N) is 1. The van der Waals surface area contributed by atoms with Gasteiger partial charge in [-0.25, -0.2) is 9.18 Å². The fraction of sp³-hybridized carbons (Fsp3) is 0.448. The molecule has 8 nitrogen and oxygen atoms in total. The van der Waals surface area contributed by atoms with Crippen LogP contribution in [-0.4, -0.2) is 91.5 Å². The molecule has 0 atom stereocenters. The maximum atomic E-state index is 13.9. The first-order valence-corrected chi connectivity index (χ1v) is 13.4. The summed E-state index contributed by atoms with van der Waals surface area (Å²) in [6.45, 7) is 8.38. The van der Waals surface area contributed by atoms with E-state index in [0.29, 0.717) is 25.5 Å². The number of hydrogen-bond donors (Lipinski definition) is 1. The van der Waals surface area contributed by atoms with Gasteiger partial charge in [-0.1, -0.05) is 12.1 Å². The smallest absolute Gasteiger partial charge is 0.355 e. The molecule has 2 saturated heterocycles. The average molecular weight is 522 g/mol. The predicted octanol–water partition coefficient (Wildman–Crippen LogP) is 3.98. The van der Waals surface area contributed by atoms with Crippen LogP contribution in [0.15, 0.2) is 48.8 Å². The lowest BCUT2D eigenvalue weighted by Gasteiger charge is -2.27. The van der Waals surface area contributed by atoms with E-state index < -0.39 is 5.97 Å². The van der Waals surface area contributed by atoms with Crippen LogP contribution in [0.1, 0.15) is 23.3 Å². The van der Waals surface area contributed by atoms with Crippen molar-refractivity contribution in [1.82, 2.24) is 19.4 Å². The molecule has 0 bridgehead atoms. The van der Waals surface area contributed by atoms with Gasteiger partial charge in [-0.05, 0) is 61.3 Å². The van der Waals surface area contributed by atoms with Crippen molar-refractivity contribution in [2.75, 3.05) is 71.5 Å². The normalized spacial score (nSPS) is 16.6. The molecule has 0 amide bonds. The highest BCUT2D eigenvalue weighted by atomic mass is 19.1. The summed E-state index contributed by atoms with van der Waals surface area (Å²) >= 11 is 0. The van der Waals surface area contributed by atoms with Gasteiger partial charge in [0, 0.05) is 62.8 Å². The molecular weight excluding hydrogens is 485 g/mol. The number of halogens is 1. The van der Waals surface area contributed by atoms with Gasteiger partial charge in [-0.2, -0.15) is 0 Å². The van der Waals surface area contributed by atoms with Crippen LogP contribution in [0.4, 0.5) is 10.2 Å². The molecule has 0 radical (unpaired) electrons. The van der Waals surface area contributed by atoms with Gasteiger partial charge in [0.25, 0.3) is 0 Å². The number of morpholine rings is 1. The number of rotatable bonds is 10. The number of hydrogen-bond acceptors (Lipinski definition) is 7. The Morgan fingerprint density at radius 2 is 1.58 bits per heavy atom. The summed E-state index contributed by atoms with van der Waals surface area (Å²) in [4.78, 5) is 22.5. The maximum Gasteiger partial charge on any atom is 0.355 e. The Labute approximate surface area is 223 Å². The molecule has 2 aliphatic rings. The van der Waals surface area contributed by atoms with Crippen molar-refractivity contribution < 1.29 is 18.7 Å². The fourth-order valence-electron chi connectivity index (χ4n) is 5.44. The monoisotopic (exact) mass is 521 g/mol. The Hall–Kier alpha value is -3.27. The first kappa shape index (κ1) is 26.3. The zero-order chi connectivity index (χ0) is 26.3. The zero-order valence-electron chi connectivity index (χ0n) is 22.0. The van der Waals surface area contributed by atoms with E-state index in [4.69, 9.17) is 9.47 Å². The summed E-state index contributed by atoms with van der Waals surface area (Å²) < 4.78 is 26.9. The highest BCUT2D eigenvalue weighted by Crippen LogP contribution is 2.43. The van der Waals surface area contributed by atoms with Gasteiger partial charge in [0.2, 0.25) is 0 Å². The quantitative estimate of drug-likeness (QED) is 0.405. The molecule has 1 aromatic carbocycles. The van der Waals surface area contributed by atoms with Crippen LogP contribution < -0.4 is 5.32 Å². The zero-order valence-corrected chi connectivity index (χ0v) is 22.0. The van der Waals surface area contributed by atoms with Gasteiger partial charge >= 0.3 is 5.97 Å². The lowest BCUT2D eigenvalue weighted by Crippen LogP contribution is -2.38. The molecule has 202 valence electrons. The maximum absolute atomic E-state index is 13.9. The molecule has 0 aliphatic carbocycles. The van der Waals surface area contributed by atoms with Crippen molar-refractivity contribution in [3.63, 3.8) is 0 Å². The molecule has 38 heavy (non-hydrogen) atoms. The molecule has 0 saturated carbocycles. The van der Waals surface area contributed by atoms with Crippen molar-refractivity contribution in [1.29, 1.82) is 0 Å². The lowest BCUT2D eigenvalue weighted by molar-refractivity contribution is 0.0360. The Bertz CT molecular complexity index is 1200. The molecule has 9 heteroatoms. The van der Waals surface area contributed by atoms with Crippen molar-refractivity contribution in [2.24, 2.45) is 0 Å². The molecule has 0 spiro atoms. The summed E-state index contributed by atoms with van der Waals surface area (Å²) in [5.74, 6) is 0.118. The van der Waals surface area contributed by atoms with E-state index in [2.05, 4.69) is 24.7 Å². The second kappa shape index (κ2) is 12.5. The van der Waals surface area contributed by atoms with Crippen LogP contribution in [0.2, 0.25) is 0 Å². The van der Waals surface area contributed by atoms with Gasteiger partial charge in [-0.15, -0.1) is 0 Å². The Balaban J connectivity index is 1.63. The summed E-state index contributed by atoms with van der Waals surface area (Å²) in [5.41, 5.74) is 3.77. The van der Waals surface area contributed by atoms with Crippen LogP contribution in [0.25, 0.3) is 22.3 Å². The predicted molar refractivity (Wildman–Crippen MR) is 146 cm³/mol. The van der Waals surface area contributed by atoms with Crippen molar-refractivity contribution in [2.45, 2.75) is 19.4 Å². The van der Waals surface area contributed by atoms with Gasteiger partial charge < -0.3 is 24.3 Å². The molecule has 2 fully saturated rings. The Morgan fingerprint density at radius 3 is 2.26 bits per heavy atom. The highest BCUT2D eigenvalue weighted by Gasteiger charge is 2.30. The van der Waals surface area contributed by atoms with Crippen molar-refractivity contribution in [3.05, 3.63) is 60.3 Å². The number of likely N-dealkylation sites (tertiary alicyclic amines) is 1. The molecule has 2 aromatic heterocycles. The number of aromatic nitrogens is 2. The van der Waals surface area contributed by atoms with Gasteiger partial charge in [0.15, 0.2) is 0 Å². The molecule has 3 aromatic rings. The van der Waals surface area contributed by atoms with E-state index in [1.54, 1.807) is 24.5 Å². The van der Waals surface area contributed by atoms with Crippen LogP contribution in [0, 0.1) is 5.82 Å². The number of anilines is 1. The number of ether oxygens (including phenoxy) is 2.